The number of nitrogens with zero attached hydrogens (tertiary/aromatic N) is 3. The number of aromatic hydroxyl groups is 1. The van der Waals surface area contributed by atoms with E-state index in [1.54, 1.807) is 12.1 Å². The van der Waals surface area contributed by atoms with Crippen molar-refractivity contribution in [2.45, 2.75) is 25.2 Å². The van der Waals surface area contributed by atoms with Gasteiger partial charge in [-0.05, 0) is 48.4 Å². The Hall–Kier alpha value is -4.12. The maximum absolute atomic E-state index is 13.2. The molecule has 1 fully saturated rings. The van der Waals surface area contributed by atoms with Gasteiger partial charge in [0.1, 0.15) is 17.5 Å². The topological polar surface area (TPSA) is 122 Å². The van der Waals surface area contributed by atoms with Gasteiger partial charge in [0, 0.05) is 19.0 Å². The minimum absolute atomic E-state index is 0.0655. The Labute approximate surface area is 196 Å². The van der Waals surface area contributed by atoms with Crippen molar-refractivity contribution >= 4 is 17.7 Å². The van der Waals surface area contributed by atoms with Crippen molar-refractivity contribution in [3.05, 3.63) is 81.6 Å². The molecule has 8 heteroatoms. The summed E-state index contributed by atoms with van der Waals surface area (Å²) in [6, 6.07) is 18.7. The summed E-state index contributed by atoms with van der Waals surface area (Å²) in [5, 5.41) is 21.9. The Morgan fingerprint density at radius 1 is 1.06 bits per heavy atom. The molecule has 172 valence electrons. The molecular formula is C26H25N5O3. The second-order valence-corrected chi connectivity index (χ2v) is 8.94. The summed E-state index contributed by atoms with van der Waals surface area (Å²) < 4.78 is 0. The number of aromatic nitrogens is 2. The highest BCUT2D eigenvalue weighted by Crippen LogP contribution is 2.38. The lowest BCUT2D eigenvalue weighted by Crippen LogP contribution is -2.41. The summed E-state index contributed by atoms with van der Waals surface area (Å²) in [5.41, 5.74) is 1.82. The van der Waals surface area contributed by atoms with E-state index in [0.717, 1.165) is 32.4 Å². The zero-order chi connectivity index (χ0) is 23.7. The second kappa shape index (κ2) is 9.02. The quantitative estimate of drug-likeness (QED) is 0.556. The number of phenolic OH excluding ortho intramolecular Hbond substituents is 1. The Morgan fingerprint density at radius 2 is 1.76 bits per heavy atom. The van der Waals surface area contributed by atoms with Crippen LogP contribution in [0.25, 0.3) is 0 Å². The molecule has 0 aliphatic carbocycles. The highest BCUT2D eigenvalue weighted by Gasteiger charge is 2.40. The van der Waals surface area contributed by atoms with Crippen LogP contribution in [0.15, 0.2) is 59.4 Å². The van der Waals surface area contributed by atoms with Gasteiger partial charge in [0.05, 0.1) is 11.6 Å². The number of piperidine rings is 1. The number of benzene rings is 2. The Bertz CT molecular complexity index is 1290. The van der Waals surface area contributed by atoms with E-state index >= 15 is 0 Å². The number of H-pyrrole nitrogens is 1. The van der Waals surface area contributed by atoms with Crippen LogP contribution in [-0.4, -0.2) is 34.1 Å². The smallest absolute Gasteiger partial charge is 0.258 e. The van der Waals surface area contributed by atoms with E-state index in [1.165, 1.54) is 17.7 Å². The molecule has 2 atom stereocenters. The molecule has 1 amide bonds. The number of aromatic amines is 1. The number of carbonyl (C=O) groups excluding carboxylic acids is 1. The number of phenols is 1. The van der Waals surface area contributed by atoms with Crippen molar-refractivity contribution in [1.29, 1.82) is 5.26 Å². The Balaban J connectivity index is 1.40. The summed E-state index contributed by atoms with van der Waals surface area (Å²) in [5.74, 6) is -1.06. The first-order valence-corrected chi connectivity index (χ1v) is 11.5. The lowest BCUT2D eigenvalue weighted by atomic mass is 9.79. The fraction of sp³-hybridized carbons (Fsp3) is 0.308. The fourth-order valence-electron chi connectivity index (χ4n) is 4.99. The minimum Gasteiger partial charge on any atom is -0.508 e. The molecule has 0 bridgehead atoms. The fourth-order valence-corrected chi connectivity index (χ4v) is 4.99. The molecule has 0 radical (unpaired) electrons. The molecule has 2 aromatic carbocycles. The average molecular weight is 456 g/mol. The molecule has 2 aliphatic heterocycles. The molecule has 2 aliphatic rings. The molecule has 2 unspecified atom stereocenters. The van der Waals surface area contributed by atoms with E-state index in [1.807, 2.05) is 17.0 Å². The van der Waals surface area contributed by atoms with E-state index in [0.29, 0.717) is 17.4 Å². The highest BCUT2D eigenvalue weighted by atomic mass is 16.3. The maximum atomic E-state index is 13.2. The van der Waals surface area contributed by atoms with Crippen LogP contribution in [0.1, 0.15) is 35.4 Å². The summed E-state index contributed by atoms with van der Waals surface area (Å²) >= 11 is 0. The third-order valence-electron chi connectivity index (χ3n) is 6.78. The van der Waals surface area contributed by atoms with Crippen LogP contribution in [0, 0.1) is 23.2 Å². The molecule has 34 heavy (non-hydrogen) atoms. The van der Waals surface area contributed by atoms with Crippen LogP contribution >= 0.6 is 0 Å². The number of fused-ring (bicyclic) bond motifs is 1. The Kier molecular flexibility index (Phi) is 5.76. The van der Waals surface area contributed by atoms with E-state index in [9.17, 15) is 20.0 Å². The maximum Gasteiger partial charge on any atom is 0.258 e. The van der Waals surface area contributed by atoms with Gasteiger partial charge >= 0.3 is 0 Å². The zero-order valence-electron chi connectivity index (χ0n) is 18.6. The largest absolute Gasteiger partial charge is 0.508 e. The van der Waals surface area contributed by atoms with Gasteiger partial charge in [0.15, 0.2) is 0 Å². The number of rotatable bonds is 4. The van der Waals surface area contributed by atoms with Crippen LogP contribution < -0.4 is 15.8 Å². The predicted molar refractivity (Wildman–Crippen MR) is 128 cm³/mol. The number of amides is 1. The zero-order valence-corrected chi connectivity index (χ0v) is 18.6. The van der Waals surface area contributed by atoms with E-state index < -0.39 is 17.7 Å². The van der Waals surface area contributed by atoms with Crippen LogP contribution in [0.2, 0.25) is 0 Å². The number of hydrogen-bond donors (Lipinski definition) is 3. The third kappa shape index (κ3) is 4.13. The van der Waals surface area contributed by atoms with E-state index in [2.05, 4.69) is 39.6 Å². The van der Waals surface area contributed by atoms with Gasteiger partial charge in [0.25, 0.3) is 5.56 Å². The van der Waals surface area contributed by atoms with Crippen molar-refractivity contribution in [2.75, 3.05) is 23.3 Å². The van der Waals surface area contributed by atoms with Gasteiger partial charge in [-0.1, -0.05) is 42.5 Å². The van der Waals surface area contributed by atoms with Gasteiger partial charge in [0.2, 0.25) is 11.9 Å². The van der Waals surface area contributed by atoms with Crippen LogP contribution in [0.3, 0.4) is 0 Å². The second-order valence-electron chi connectivity index (χ2n) is 8.94. The number of hydrogen-bond acceptors (Lipinski definition) is 6. The molecule has 3 aromatic rings. The lowest BCUT2D eigenvalue weighted by Gasteiger charge is -2.34. The molecule has 1 saturated heterocycles. The molecule has 3 heterocycles. The van der Waals surface area contributed by atoms with Gasteiger partial charge in [-0.3, -0.25) is 14.6 Å². The van der Waals surface area contributed by atoms with Crippen molar-refractivity contribution in [3.63, 3.8) is 0 Å². The molecule has 8 nitrogen and oxygen atoms in total. The van der Waals surface area contributed by atoms with Crippen molar-refractivity contribution in [3.8, 4) is 11.8 Å². The van der Waals surface area contributed by atoms with Crippen molar-refractivity contribution < 1.29 is 9.90 Å². The number of anilines is 2. The molecule has 5 rings (SSSR count). The first kappa shape index (κ1) is 21.7. The SMILES string of the molecule is N#CC1C(=O)Nc2nc(N3CCC(Cc4ccccc4)CC3)[nH]c(=O)c2C1c1ccc(O)cc1. The van der Waals surface area contributed by atoms with Gasteiger partial charge in [-0.2, -0.15) is 10.2 Å². The summed E-state index contributed by atoms with van der Waals surface area (Å²) in [4.78, 5) is 35.5. The number of nitriles is 1. The van der Waals surface area contributed by atoms with Crippen LogP contribution in [0.5, 0.6) is 5.75 Å². The van der Waals surface area contributed by atoms with Gasteiger partial charge < -0.3 is 15.3 Å². The monoisotopic (exact) mass is 455 g/mol. The predicted octanol–water partition coefficient (Wildman–Crippen LogP) is 3.16. The lowest BCUT2D eigenvalue weighted by molar-refractivity contribution is -0.119. The number of nitrogens with one attached hydrogen (secondary N) is 2. The van der Waals surface area contributed by atoms with E-state index in [4.69, 9.17) is 0 Å². The first-order valence-electron chi connectivity index (χ1n) is 11.5. The molecule has 0 saturated carbocycles. The van der Waals surface area contributed by atoms with E-state index in [-0.39, 0.29) is 22.7 Å². The summed E-state index contributed by atoms with van der Waals surface area (Å²) in [7, 11) is 0. The van der Waals surface area contributed by atoms with Crippen LogP contribution in [-0.2, 0) is 11.2 Å². The summed E-state index contributed by atoms with van der Waals surface area (Å²) in [6.45, 7) is 1.52. The minimum atomic E-state index is -1.07. The molecule has 0 spiro atoms. The highest BCUT2D eigenvalue weighted by molar-refractivity contribution is 5.98. The molecule has 1 aromatic heterocycles. The van der Waals surface area contributed by atoms with Gasteiger partial charge in [-0.25, -0.2) is 0 Å². The number of carbonyl (C=O) groups is 1. The normalized spacial score (nSPS) is 20.3. The van der Waals surface area contributed by atoms with Crippen LogP contribution in [0.4, 0.5) is 11.8 Å². The van der Waals surface area contributed by atoms with Gasteiger partial charge in [-0.15, -0.1) is 0 Å². The average Bonchev–Trinajstić information content (AvgIpc) is 2.85. The Morgan fingerprint density at radius 3 is 2.44 bits per heavy atom. The summed E-state index contributed by atoms with van der Waals surface area (Å²) in [6.07, 6.45) is 2.99. The standard InChI is InChI=1S/C26H25N5O3/c27-15-20-21(18-6-8-19(32)9-7-18)22-23(28-24(20)33)29-26(30-25(22)34)31-12-10-17(11-13-31)14-16-4-2-1-3-5-16/h1-9,17,20-21,32H,10-14H2,(H2,28,29,30,33,34). The first-order chi connectivity index (χ1) is 16.5. The molecular weight excluding hydrogens is 430 g/mol. The molecule has 3 N–H and O–H groups in total. The third-order valence-corrected chi connectivity index (χ3v) is 6.78. The van der Waals surface area contributed by atoms with Crippen molar-refractivity contribution in [1.82, 2.24) is 9.97 Å². The van der Waals surface area contributed by atoms with Crippen molar-refractivity contribution in [2.24, 2.45) is 11.8 Å².